The normalized spacial score (nSPS) is 16.7. The summed E-state index contributed by atoms with van der Waals surface area (Å²) in [5, 5.41) is 6.75. The number of ether oxygens (including phenoxy) is 1. The second-order valence-corrected chi connectivity index (χ2v) is 5.32. The third-order valence-corrected chi connectivity index (χ3v) is 4.03. The van der Waals surface area contributed by atoms with Gasteiger partial charge in [-0.2, -0.15) is 0 Å². The van der Waals surface area contributed by atoms with Crippen LogP contribution in [-0.4, -0.2) is 29.8 Å². The lowest BCUT2D eigenvalue weighted by Crippen LogP contribution is -2.51. The van der Waals surface area contributed by atoms with Crippen LogP contribution in [0.2, 0.25) is 0 Å². The smallest absolute Gasteiger partial charge is 0.0941 e. The van der Waals surface area contributed by atoms with Crippen molar-refractivity contribution in [2.24, 2.45) is 0 Å². The lowest BCUT2D eigenvalue weighted by atomic mass is 9.90. The summed E-state index contributed by atoms with van der Waals surface area (Å²) in [6.07, 6.45) is 3.81. The first kappa shape index (κ1) is 14.6. The monoisotopic (exact) mass is 256 g/mol. The summed E-state index contributed by atoms with van der Waals surface area (Å²) in [7, 11) is 0. The first-order chi connectivity index (χ1) is 8.16. The lowest BCUT2D eigenvalue weighted by molar-refractivity contribution is -0.0547. The molecule has 0 spiro atoms. The van der Waals surface area contributed by atoms with E-state index in [1.807, 2.05) is 11.6 Å². The van der Waals surface area contributed by atoms with Crippen molar-refractivity contribution in [2.45, 2.75) is 52.2 Å². The second-order valence-electron chi connectivity index (χ2n) is 4.34. The third kappa shape index (κ3) is 4.05. The van der Waals surface area contributed by atoms with Crippen LogP contribution in [0.5, 0.6) is 0 Å². The molecule has 2 unspecified atom stereocenters. The Labute approximate surface area is 109 Å². The van der Waals surface area contributed by atoms with Crippen LogP contribution < -0.4 is 5.32 Å². The maximum atomic E-state index is 5.96. The Morgan fingerprint density at radius 1 is 1.47 bits per heavy atom. The fraction of sp³-hybridized carbons (Fsp3) is 0.769. The van der Waals surface area contributed by atoms with E-state index in [1.165, 1.54) is 5.01 Å². The Morgan fingerprint density at radius 2 is 2.24 bits per heavy atom. The molecule has 0 amide bonds. The Hall–Kier alpha value is -0.450. The SMILES string of the molecule is CCNC(Cc1nccs1)C(C)(CC)OCC. The molecular formula is C13H24N2OS. The first-order valence-corrected chi connectivity index (χ1v) is 7.29. The molecule has 1 aromatic rings. The summed E-state index contributed by atoms with van der Waals surface area (Å²) < 4.78 is 5.96. The van der Waals surface area contributed by atoms with Gasteiger partial charge in [-0.25, -0.2) is 4.98 Å². The number of hydrogen-bond donors (Lipinski definition) is 1. The summed E-state index contributed by atoms with van der Waals surface area (Å²) in [5.41, 5.74) is -0.115. The fourth-order valence-corrected chi connectivity index (χ4v) is 2.72. The standard InChI is InChI=1S/C13H24N2OS/c1-5-13(4,16-7-3)11(14-6-2)10-12-15-8-9-17-12/h8-9,11,14H,5-7,10H2,1-4H3. The summed E-state index contributed by atoms with van der Waals surface area (Å²) in [6.45, 7) is 10.3. The van der Waals surface area contributed by atoms with Crippen LogP contribution in [0.4, 0.5) is 0 Å². The molecule has 1 N–H and O–H groups in total. The zero-order valence-electron chi connectivity index (χ0n) is 11.3. The van der Waals surface area contributed by atoms with Crippen molar-refractivity contribution in [3.63, 3.8) is 0 Å². The molecule has 0 aromatic carbocycles. The first-order valence-electron chi connectivity index (χ1n) is 6.42. The van der Waals surface area contributed by atoms with Crippen molar-refractivity contribution in [2.75, 3.05) is 13.2 Å². The summed E-state index contributed by atoms with van der Waals surface area (Å²) >= 11 is 1.72. The summed E-state index contributed by atoms with van der Waals surface area (Å²) in [5.74, 6) is 0. The van der Waals surface area contributed by atoms with Crippen LogP contribution in [0.25, 0.3) is 0 Å². The zero-order valence-corrected chi connectivity index (χ0v) is 12.1. The summed E-state index contributed by atoms with van der Waals surface area (Å²) in [4.78, 5) is 4.37. The van der Waals surface area contributed by atoms with Gasteiger partial charge < -0.3 is 10.1 Å². The molecule has 0 aliphatic rings. The third-order valence-electron chi connectivity index (χ3n) is 3.23. The number of hydrogen-bond acceptors (Lipinski definition) is 4. The van der Waals surface area contributed by atoms with Gasteiger partial charge in [-0.15, -0.1) is 11.3 Å². The van der Waals surface area contributed by atoms with E-state index in [1.54, 1.807) is 11.3 Å². The van der Waals surface area contributed by atoms with Gasteiger partial charge in [0.05, 0.1) is 10.6 Å². The number of thiazole rings is 1. The number of likely N-dealkylation sites (N-methyl/N-ethyl adjacent to an activating group) is 1. The van der Waals surface area contributed by atoms with E-state index in [-0.39, 0.29) is 5.60 Å². The van der Waals surface area contributed by atoms with Crippen LogP contribution in [0.15, 0.2) is 11.6 Å². The van der Waals surface area contributed by atoms with Crippen molar-refractivity contribution in [1.82, 2.24) is 10.3 Å². The van der Waals surface area contributed by atoms with Crippen LogP contribution in [0, 0.1) is 0 Å². The number of nitrogens with zero attached hydrogens (tertiary/aromatic N) is 1. The van der Waals surface area contributed by atoms with E-state index < -0.39 is 0 Å². The van der Waals surface area contributed by atoms with E-state index in [9.17, 15) is 0 Å². The maximum absolute atomic E-state index is 5.96. The Bertz CT molecular complexity index is 302. The van der Waals surface area contributed by atoms with Gasteiger partial charge in [0.15, 0.2) is 0 Å². The van der Waals surface area contributed by atoms with Gasteiger partial charge in [0.1, 0.15) is 0 Å². The minimum absolute atomic E-state index is 0.115. The fourth-order valence-electron chi connectivity index (χ4n) is 2.06. The van der Waals surface area contributed by atoms with Crippen molar-refractivity contribution >= 4 is 11.3 Å². The summed E-state index contributed by atoms with van der Waals surface area (Å²) in [6, 6.07) is 0.323. The molecule has 4 heteroatoms. The quantitative estimate of drug-likeness (QED) is 0.776. The molecule has 1 heterocycles. The van der Waals surface area contributed by atoms with Gasteiger partial charge in [0.25, 0.3) is 0 Å². The number of rotatable bonds is 8. The van der Waals surface area contributed by atoms with Crippen molar-refractivity contribution in [3.05, 3.63) is 16.6 Å². The largest absolute Gasteiger partial charge is 0.374 e. The predicted molar refractivity (Wildman–Crippen MR) is 73.6 cm³/mol. The van der Waals surface area contributed by atoms with Gasteiger partial charge in [-0.05, 0) is 26.8 Å². The Morgan fingerprint density at radius 3 is 2.71 bits per heavy atom. The van der Waals surface area contributed by atoms with Crippen LogP contribution >= 0.6 is 11.3 Å². The molecule has 0 radical (unpaired) electrons. The molecule has 1 aromatic heterocycles. The van der Waals surface area contributed by atoms with Crippen LogP contribution in [-0.2, 0) is 11.2 Å². The zero-order chi connectivity index (χ0) is 12.7. The van der Waals surface area contributed by atoms with Gasteiger partial charge >= 0.3 is 0 Å². The van der Waals surface area contributed by atoms with Gasteiger partial charge in [-0.1, -0.05) is 13.8 Å². The topological polar surface area (TPSA) is 34.2 Å². The van der Waals surface area contributed by atoms with E-state index in [0.717, 1.165) is 26.0 Å². The predicted octanol–water partition coefficient (Wildman–Crippen LogP) is 2.87. The van der Waals surface area contributed by atoms with Crippen LogP contribution in [0.1, 0.15) is 39.1 Å². The minimum atomic E-state index is -0.115. The Kier molecular flexibility index (Phi) is 6.09. The molecule has 2 atom stereocenters. The molecule has 3 nitrogen and oxygen atoms in total. The average molecular weight is 256 g/mol. The molecule has 0 fully saturated rings. The molecule has 0 saturated heterocycles. The molecule has 0 saturated carbocycles. The molecule has 17 heavy (non-hydrogen) atoms. The van der Waals surface area contributed by atoms with Gasteiger partial charge in [-0.3, -0.25) is 0 Å². The molecule has 0 aliphatic heterocycles. The highest BCUT2D eigenvalue weighted by atomic mass is 32.1. The van der Waals surface area contributed by atoms with Crippen LogP contribution in [0.3, 0.4) is 0 Å². The molecule has 0 aliphatic carbocycles. The van der Waals surface area contributed by atoms with E-state index >= 15 is 0 Å². The molecular weight excluding hydrogens is 232 g/mol. The maximum Gasteiger partial charge on any atom is 0.0941 e. The number of aromatic nitrogens is 1. The van der Waals surface area contributed by atoms with Crippen molar-refractivity contribution < 1.29 is 4.74 Å². The number of nitrogens with one attached hydrogen (secondary N) is 1. The van der Waals surface area contributed by atoms with E-state index in [0.29, 0.717) is 6.04 Å². The highest BCUT2D eigenvalue weighted by molar-refractivity contribution is 7.09. The average Bonchev–Trinajstić information content (AvgIpc) is 2.81. The highest BCUT2D eigenvalue weighted by Crippen LogP contribution is 2.23. The Balaban J connectivity index is 2.75. The minimum Gasteiger partial charge on any atom is -0.374 e. The molecule has 98 valence electrons. The second kappa shape index (κ2) is 7.09. The van der Waals surface area contributed by atoms with Gasteiger partial charge in [0, 0.05) is 30.6 Å². The van der Waals surface area contributed by atoms with E-state index in [2.05, 4.69) is 38.0 Å². The molecule has 1 rings (SSSR count). The highest BCUT2D eigenvalue weighted by Gasteiger charge is 2.33. The van der Waals surface area contributed by atoms with Crippen molar-refractivity contribution in [1.29, 1.82) is 0 Å². The van der Waals surface area contributed by atoms with Crippen molar-refractivity contribution in [3.8, 4) is 0 Å². The lowest BCUT2D eigenvalue weighted by Gasteiger charge is -2.37. The molecule has 0 bridgehead atoms. The van der Waals surface area contributed by atoms with Gasteiger partial charge in [0.2, 0.25) is 0 Å². The van der Waals surface area contributed by atoms with E-state index in [4.69, 9.17) is 4.74 Å².